The number of aromatic nitrogens is 1. The first-order chi connectivity index (χ1) is 10.9. The van der Waals surface area contributed by atoms with Crippen molar-refractivity contribution in [2.75, 3.05) is 0 Å². The molecule has 0 aliphatic carbocycles. The fraction of sp³-hybridized carbons (Fsp3) is 0. The van der Waals surface area contributed by atoms with E-state index in [2.05, 4.69) is 4.98 Å². The second-order valence-electron chi connectivity index (χ2n) is 3.64. The minimum absolute atomic E-state index is 0.102. The fourth-order valence-corrected chi connectivity index (χ4v) is 0.733. The number of hydrazine groups is 4. The minimum atomic E-state index is -1.63. The van der Waals surface area contributed by atoms with E-state index >= 15 is 0 Å². The average Bonchev–Trinajstić information content (AvgIpc) is 2.48. The number of carboxylic acid groups (broad SMARTS) is 2. The quantitative estimate of drug-likeness (QED) is 0.0811. The Balaban J connectivity index is 0. The van der Waals surface area contributed by atoms with Crippen molar-refractivity contribution >= 4 is 23.9 Å². The normalized spacial score (nSPS) is 8.33. The molecule has 15 nitrogen and oxygen atoms in total. The molecule has 24 heavy (non-hydrogen) atoms. The topological polar surface area (TPSA) is 307 Å². The average molecular weight is 345 g/mol. The highest BCUT2D eigenvalue weighted by molar-refractivity contribution is 5.98. The summed E-state index contributed by atoms with van der Waals surface area (Å²) in [4.78, 5) is 25.1. The first kappa shape index (κ1) is 22.1. The Morgan fingerprint density at radius 1 is 0.875 bits per heavy atom. The number of guanidine groups is 2. The lowest BCUT2D eigenvalue weighted by atomic mass is 10.2. The molecule has 0 atom stereocenters. The third-order valence-corrected chi connectivity index (χ3v) is 1.82. The second-order valence-corrected chi connectivity index (χ2v) is 3.64. The van der Waals surface area contributed by atoms with Gasteiger partial charge in [0.25, 0.3) is 0 Å². The Morgan fingerprint density at radius 2 is 1.25 bits per heavy atom. The molecule has 0 fully saturated rings. The van der Waals surface area contributed by atoms with Crippen LogP contribution in [-0.2, 0) is 0 Å². The van der Waals surface area contributed by atoms with Gasteiger partial charge in [-0.15, -0.1) is 0 Å². The summed E-state index contributed by atoms with van der Waals surface area (Å²) >= 11 is 0. The van der Waals surface area contributed by atoms with Gasteiger partial charge < -0.3 is 19.8 Å². The number of nitrogens with zero attached hydrogens (tertiary/aromatic N) is 3. The lowest BCUT2D eigenvalue weighted by molar-refractivity contribution is -0.553. The zero-order valence-corrected chi connectivity index (χ0v) is 12.3. The van der Waals surface area contributed by atoms with Gasteiger partial charge in [0.15, 0.2) is 0 Å². The molecule has 1 aromatic heterocycles. The molecule has 0 spiro atoms. The highest BCUT2D eigenvalue weighted by Gasteiger charge is 2.03. The van der Waals surface area contributed by atoms with Crippen molar-refractivity contribution in [3.05, 3.63) is 29.6 Å². The molecule has 16 N–H and O–H groups in total. The van der Waals surface area contributed by atoms with Crippen LogP contribution in [0.1, 0.15) is 20.8 Å². The molecule has 0 aliphatic heterocycles. The van der Waals surface area contributed by atoms with Gasteiger partial charge >= 0.3 is 11.9 Å². The van der Waals surface area contributed by atoms with Gasteiger partial charge in [-0.1, -0.05) is 9.59 Å². The molecule has 0 saturated carbocycles. The third kappa shape index (κ3) is 9.69. The van der Waals surface area contributed by atoms with Gasteiger partial charge in [-0.3, -0.25) is 51.3 Å². The van der Waals surface area contributed by atoms with Crippen LogP contribution in [0, 0.1) is 0 Å². The number of hydrogen-bond donors (Lipinski definition) is 8. The molecule has 0 radical (unpaired) electrons. The van der Waals surface area contributed by atoms with Crippen molar-refractivity contribution in [3.63, 3.8) is 0 Å². The molecule has 0 aliphatic rings. The molecule has 0 bridgehead atoms. The summed E-state index contributed by atoms with van der Waals surface area (Å²) in [6, 6.07) is 2.39. The molecule has 0 saturated heterocycles. The largest absolute Gasteiger partial charge is 0.545 e. The van der Waals surface area contributed by atoms with E-state index in [1.807, 2.05) is 0 Å². The first-order valence-corrected chi connectivity index (χ1v) is 5.64. The van der Waals surface area contributed by atoms with Crippen LogP contribution in [0.5, 0.6) is 0 Å². The van der Waals surface area contributed by atoms with Crippen molar-refractivity contribution in [3.8, 4) is 0 Å². The van der Waals surface area contributed by atoms with Crippen molar-refractivity contribution in [2.45, 2.75) is 0 Å². The van der Waals surface area contributed by atoms with Gasteiger partial charge in [0.1, 0.15) is 0 Å². The third-order valence-electron chi connectivity index (χ3n) is 1.82. The molecule has 1 rings (SSSR count). The van der Waals surface area contributed by atoms with E-state index in [1.165, 1.54) is 6.07 Å². The maximum Gasteiger partial charge on any atom is 0.385 e. The smallest absolute Gasteiger partial charge is 0.385 e. The summed E-state index contributed by atoms with van der Waals surface area (Å²) < 4.78 is 0. The molecule has 15 heteroatoms. The van der Waals surface area contributed by atoms with Crippen LogP contribution in [0.25, 0.3) is 0 Å². The first-order valence-electron chi connectivity index (χ1n) is 5.64. The highest BCUT2D eigenvalue weighted by atomic mass is 16.4. The SMILES string of the molecule is NC(N)=[N+](N)N.NC(N)=[N+](N)N.O=C([O-])c1cccnc1C(=O)[O-]. The Morgan fingerprint density at radius 3 is 1.46 bits per heavy atom. The lowest BCUT2D eigenvalue weighted by Gasteiger charge is -2.08. The Bertz CT molecular complexity index is 551. The van der Waals surface area contributed by atoms with E-state index in [0.29, 0.717) is 9.59 Å². The molecule has 0 unspecified atom stereocenters. The molecular weight excluding hydrogens is 326 g/mol. The lowest BCUT2D eigenvalue weighted by Crippen LogP contribution is -2.43. The number of rotatable bonds is 2. The summed E-state index contributed by atoms with van der Waals surface area (Å²) in [5, 5.41) is 20.5. The summed E-state index contributed by atoms with van der Waals surface area (Å²) in [5.74, 6) is 15.6. The number of nitrogens with two attached hydrogens (primary N) is 8. The monoisotopic (exact) mass is 345 g/mol. The number of hydrogen-bond acceptors (Lipinski definition) is 9. The second kappa shape index (κ2) is 10.5. The van der Waals surface area contributed by atoms with Crippen molar-refractivity contribution in [2.24, 2.45) is 46.3 Å². The van der Waals surface area contributed by atoms with Gasteiger partial charge in [-0.05, 0) is 12.1 Å². The summed E-state index contributed by atoms with van der Waals surface area (Å²) in [6.07, 6.45) is 1.16. The molecular formula is C9H19N11O4. The molecule has 1 aromatic rings. The molecule has 0 amide bonds. The Hall–Kier alpha value is -4.17. The van der Waals surface area contributed by atoms with Gasteiger partial charge in [0.2, 0.25) is 0 Å². The number of carbonyl (C=O) groups excluding carboxylic acids is 2. The summed E-state index contributed by atoms with van der Waals surface area (Å²) in [5.41, 5.74) is 18.1. The van der Waals surface area contributed by atoms with Crippen LogP contribution in [0.3, 0.4) is 0 Å². The summed E-state index contributed by atoms with van der Waals surface area (Å²) in [7, 11) is 0. The zero-order valence-electron chi connectivity index (χ0n) is 12.3. The van der Waals surface area contributed by atoms with E-state index in [1.54, 1.807) is 0 Å². The van der Waals surface area contributed by atoms with E-state index in [-0.39, 0.29) is 11.9 Å². The zero-order chi connectivity index (χ0) is 19.4. The van der Waals surface area contributed by atoms with Gasteiger partial charge in [0.05, 0.1) is 17.6 Å². The summed E-state index contributed by atoms with van der Waals surface area (Å²) in [6.45, 7) is 0. The van der Waals surface area contributed by atoms with Crippen LogP contribution in [0.15, 0.2) is 18.3 Å². The Labute approximate surface area is 135 Å². The Kier molecular flexibility index (Phi) is 9.71. The highest BCUT2D eigenvalue weighted by Crippen LogP contribution is 2.01. The molecule has 0 aromatic carbocycles. The minimum Gasteiger partial charge on any atom is -0.545 e. The molecule has 134 valence electrons. The van der Waals surface area contributed by atoms with E-state index in [9.17, 15) is 19.8 Å². The van der Waals surface area contributed by atoms with E-state index in [4.69, 9.17) is 46.3 Å². The van der Waals surface area contributed by atoms with Crippen LogP contribution in [0.2, 0.25) is 0 Å². The maximum atomic E-state index is 10.3. The number of pyridine rings is 1. The van der Waals surface area contributed by atoms with Crippen molar-refractivity contribution in [1.82, 2.24) is 4.98 Å². The van der Waals surface area contributed by atoms with Gasteiger partial charge in [-0.25, -0.2) is 0 Å². The predicted molar refractivity (Wildman–Crippen MR) is 76.9 cm³/mol. The fourth-order valence-electron chi connectivity index (χ4n) is 0.733. The van der Waals surface area contributed by atoms with Crippen LogP contribution in [-0.4, -0.2) is 38.4 Å². The van der Waals surface area contributed by atoms with E-state index in [0.717, 1.165) is 12.3 Å². The number of carbonyl (C=O) groups is 2. The standard InChI is InChI=1S/C7H5NO4.2CH7N5/c9-6(10)4-2-1-3-8-5(4)7(11)12;2*2-1(3)6(4)5/h1-3H,(H,9,10)(H,11,12);2*4-5H2,(H3,2,3). The van der Waals surface area contributed by atoms with E-state index < -0.39 is 23.2 Å². The van der Waals surface area contributed by atoms with Crippen molar-refractivity contribution < 1.29 is 29.4 Å². The molecule has 1 heterocycles. The number of aromatic carboxylic acids is 2. The van der Waals surface area contributed by atoms with Crippen LogP contribution < -0.4 is 56.5 Å². The van der Waals surface area contributed by atoms with Gasteiger partial charge in [-0.2, -0.15) is 0 Å². The van der Waals surface area contributed by atoms with Crippen LogP contribution in [0.4, 0.5) is 0 Å². The number of carboxylic acids is 2. The number of hydrazone groups is 4. The predicted octanol–water partition coefficient (Wildman–Crippen LogP) is -8.15. The van der Waals surface area contributed by atoms with Crippen molar-refractivity contribution in [1.29, 1.82) is 0 Å². The van der Waals surface area contributed by atoms with Crippen LogP contribution >= 0.6 is 0 Å². The van der Waals surface area contributed by atoms with Gasteiger partial charge in [0, 0.05) is 11.8 Å². The maximum absolute atomic E-state index is 10.3.